The summed E-state index contributed by atoms with van der Waals surface area (Å²) in [7, 11) is 0.953. The summed E-state index contributed by atoms with van der Waals surface area (Å²) >= 11 is 0. The Morgan fingerprint density at radius 1 is 1.40 bits per heavy atom. The number of aryl methyl sites for hydroxylation is 1. The zero-order valence-electron chi connectivity index (χ0n) is 11.1. The number of nitrogens with one attached hydrogen (secondary N) is 1. The fourth-order valence-corrected chi connectivity index (χ4v) is 3.31. The predicted molar refractivity (Wildman–Crippen MR) is 73.8 cm³/mol. The highest BCUT2D eigenvalue weighted by Gasteiger charge is 2.28. The second kappa shape index (κ2) is 5.33. The molecule has 1 N–H and O–H groups in total. The van der Waals surface area contributed by atoms with Gasteiger partial charge in [-0.1, -0.05) is 6.92 Å². The maximum atomic E-state index is 13.7. The van der Waals surface area contributed by atoms with E-state index in [-0.39, 0.29) is 17.2 Å². The molecule has 0 heterocycles. The Labute approximate surface area is 121 Å². The van der Waals surface area contributed by atoms with Crippen molar-refractivity contribution in [2.24, 2.45) is 5.92 Å². The van der Waals surface area contributed by atoms with Crippen LogP contribution < -0.4 is 5.32 Å². The average Bonchev–Trinajstić information content (AvgIpc) is 2.28. The van der Waals surface area contributed by atoms with E-state index in [1.807, 2.05) is 0 Å². The van der Waals surface area contributed by atoms with Gasteiger partial charge in [0, 0.05) is 22.3 Å². The van der Waals surface area contributed by atoms with E-state index in [0.29, 0.717) is 5.92 Å². The van der Waals surface area contributed by atoms with Crippen molar-refractivity contribution in [2.45, 2.75) is 37.6 Å². The molecule has 4 nitrogen and oxygen atoms in total. The molecular weight excluding hydrogens is 305 g/mol. The minimum absolute atomic E-state index is 0.0684. The van der Waals surface area contributed by atoms with Crippen molar-refractivity contribution < 1.29 is 17.6 Å². The van der Waals surface area contributed by atoms with E-state index in [9.17, 15) is 17.6 Å². The molecule has 1 amide bonds. The van der Waals surface area contributed by atoms with Crippen LogP contribution in [0.15, 0.2) is 17.0 Å². The Bertz CT molecular complexity index is 654. The molecule has 0 unspecified atom stereocenters. The molecule has 1 saturated carbocycles. The van der Waals surface area contributed by atoms with Gasteiger partial charge in [-0.05, 0) is 43.4 Å². The van der Waals surface area contributed by atoms with Crippen LogP contribution in [0.1, 0.15) is 35.7 Å². The summed E-state index contributed by atoms with van der Waals surface area (Å²) in [5, 5.41) is 2.79. The van der Waals surface area contributed by atoms with Gasteiger partial charge in [0.05, 0.1) is 0 Å². The van der Waals surface area contributed by atoms with Gasteiger partial charge in [-0.3, -0.25) is 4.79 Å². The van der Waals surface area contributed by atoms with Crippen LogP contribution in [-0.2, 0) is 9.05 Å². The van der Waals surface area contributed by atoms with Gasteiger partial charge in [0.1, 0.15) is 10.7 Å². The Hall–Kier alpha value is -1.14. The van der Waals surface area contributed by atoms with Crippen molar-refractivity contribution in [3.8, 4) is 0 Å². The second-order valence-electron chi connectivity index (χ2n) is 5.29. The lowest BCUT2D eigenvalue weighted by atomic mass is 9.82. The van der Waals surface area contributed by atoms with E-state index in [1.54, 1.807) is 0 Å². The summed E-state index contributed by atoms with van der Waals surface area (Å²) < 4.78 is 36.4. The van der Waals surface area contributed by atoms with Gasteiger partial charge in [0.25, 0.3) is 15.0 Å². The minimum Gasteiger partial charge on any atom is -0.349 e. The van der Waals surface area contributed by atoms with Gasteiger partial charge < -0.3 is 5.32 Å². The third-order valence-corrected chi connectivity index (χ3v) is 4.78. The van der Waals surface area contributed by atoms with E-state index < -0.39 is 25.7 Å². The Balaban J connectivity index is 2.28. The van der Waals surface area contributed by atoms with Crippen molar-refractivity contribution in [3.05, 3.63) is 29.1 Å². The molecule has 110 valence electrons. The number of amides is 1. The topological polar surface area (TPSA) is 63.2 Å². The van der Waals surface area contributed by atoms with Gasteiger partial charge in [0.15, 0.2) is 0 Å². The van der Waals surface area contributed by atoms with Crippen LogP contribution in [0.2, 0.25) is 0 Å². The first kappa shape index (κ1) is 15.3. The van der Waals surface area contributed by atoms with Gasteiger partial charge in [-0.2, -0.15) is 0 Å². The first-order chi connectivity index (χ1) is 9.18. The lowest BCUT2D eigenvalue weighted by Gasteiger charge is -2.33. The molecule has 1 aliphatic carbocycles. The third kappa shape index (κ3) is 3.12. The van der Waals surface area contributed by atoms with E-state index in [2.05, 4.69) is 12.2 Å². The SMILES string of the molecule is Cc1cc(C(=O)NC2CC(C)C2)cc(S(=O)(=O)Cl)c1F. The number of rotatable bonds is 3. The number of carbonyl (C=O) groups excluding carboxylic acids is 1. The van der Waals surface area contributed by atoms with Gasteiger partial charge in [-0.25, -0.2) is 12.8 Å². The maximum Gasteiger partial charge on any atom is 0.264 e. The summed E-state index contributed by atoms with van der Waals surface area (Å²) in [6.45, 7) is 3.48. The zero-order chi connectivity index (χ0) is 15.1. The predicted octanol–water partition coefficient (Wildman–Crippen LogP) is 2.59. The highest BCUT2D eigenvalue weighted by Crippen LogP contribution is 2.27. The molecule has 0 bridgehead atoms. The second-order valence-corrected chi connectivity index (χ2v) is 7.82. The maximum absolute atomic E-state index is 13.7. The fraction of sp³-hybridized carbons (Fsp3) is 0.462. The highest BCUT2D eigenvalue weighted by molar-refractivity contribution is 8.13. The first-order valence-corrected chi connectivity index (χ1v) is 8.55. The van der Waals surface area contributed by atoms with Crippen molar-refractivity contribution in [3.63, 3.8) is 0 Å². The molecule has 7 heteroatoms. The first-order valence-electron chi connectivity index (χ1n) is 6.24. The molecule has 0 aliphatic heterocycles. The molecular formula is C13H15ClFNO3S. The lowest BCUT2D eigenvalue weighted by molar-refractivity contribution is 0.0895. The van der Waals surface area contributed by atoms with E-state index in [4.69, 9.17) is 10.7 Å². The van der Waals surface area contributed by atoms with Crippen molar-refractivity contribution in [1.29, 1.82) is 0 Å². The molecule has 1 aromatic carbocycles. The van der Waals surface area contributed by atoms with Crippen molar-refractivity contribution in [1.82, 2.24) is 5.32 Å². The molecule has 0 saturated heterocycles. The summed E-state index contributed by atoms with van der Waals surface area (Å²) in [6, 6.07) is 2.39. The molecule has 0 radical (unpaired) electrons. The fourth-order valence-electron chi connectivity index (χ4n) is 2.33. The Kier molecular flexibility index (Phi) is 4.07. The average molecular weight is 320 g/mol. The van der Waals surface area contributed by atoms with Crippen LogP contribution in [0.3, 0.4) is 0 Å². The molecule has 2 rings (SSSR count). The summed E-state index contributed by atoms with van der Waals surface area (Å²) in [5.74, 6) is -0.755. The number of halogens is 2. The van der Waals surface area contributed by atoms with Crippen LogP contribution >= 0.6 is 10.7 Å². The number of hydrogen-bond acceptors (Lipinski definition) is 3. The van der Waals surface area contributed by atoms with Crippen molar-refractivity contribution in [2.75, 3.05) is 0 Å². The highest BCUT2D eigenvalue weighted by atomic mass is 35.7. The van der Waals surface area contributed by atoms with Crippen LogP contribution in [0, 0.1) is 18.7 Å². The molecule has 0 atom stereocenters. The van der Waals surface area contributed by atoms with E-state index >= 15 is 0 Å². The Morgan fingerprint density at radius 3 is 2.50 bits per heavy atom. The van der Waals surface area contributed by atoms with Crippen molar-refractivity contribution >= 4 is 25.6 Å². The van der Waals surface area contributed by atoms with Gasteiger partial charge in [-0.15, -0.1) is 0 Å². The quantitative estimate of drug-likeness (QED) is 0.871. The van der Waals surface area contributed by atoms with Crippen LogP contribution in [0.4, 0.5) is 4.39 Å². The normalized spacial score (nSPS) is 22.2. The largest absolute Gasteiger partial charge is 0.349 e. The third-order valence-electron chi connectivity index (χ3n) is 3.46. The number of hydrogen-bond donors (Lipinski definition) is 1. The molecule has 1 aliphatic rings. The molecule has 1 fully saturated rings. The van der Waals surface area contributed by atoms with Crippen LogP contribution in [0.25, 0.3) is 0 Å². The summed E-state index contributed by atoms with van der Waals surface area (Å²) in [5.41, 5.74) is 0.168. The summed E-state index contributed by atoms with van der Waals surface area (Å²) in [6.07, 6.45) is 1.79. The van der Waals surface area contributed by atoms with Crippen LogP contribution in [0.5, 0.6) is 0 Å². The van der Waals surface area contributed by atoms with Gasteiger partial charge >= 0.3 is 0 Å². The summed E-state index contributed by atoms with van der Waals surface area (Å²) in [4.78, 5) is 11.4. The van der Waals surface area contributed by atoms with E-state index in [0.717, 1.165) is 18.9 Å². The smallest absolute Gasteiger partial charge is 0.264 e. The van der Waals surface area contributed by atoms with Gasteiger partial charge in [0.2, 0.25) is 0 Å². The number of carbonyl (C=O) groups is 1. The van der Waals surface area contributed by atoms with E-state index in [1.165, 1.54) is 13.0 Å². The molecule has 0 spiro atoms. The standard InChI is InChI=1S/C13H15ClFNO3S/c1-7-3-10(4-7)16-13(17)9-5-8(2)12(15)11(6-9)20(14,18)19/h5-7,10H,3-4H2,1-2H3,(H,16,17). The molecule has 0 aromatic heterocycles. The lowest BCUT2D eigenvalue weighted by Crippen LogP contribution is -2.43. The number of benzene rings is 1. The minimum atomic E-state index is -4.22. The zero-order valence-corrected chi connectivity index (χ0v) is 12.7. The van der Waals surface area contributed by atoms with Crippen LogP contribution in [-0.4, -0.2) is 20.4 Å². The molecule has 20 heavy (non-hydrogen) atoms. The monoisotopic (exact) mass is 319 g/mol. The molecule has 1 aromatic rings. The Morgan fingerprint density at radius 2 is 2.00 bits per heavy atom.